The third kappa shape index (κ3) is 6.50. The lowest BCUT2D eigenvalue weighted by Gasteiger charge is -2.15. The van der Waals surface area contributed by atoms with E-state index in [1.165, 1.54) is 0 Å². The summed E-state index contributed by atoms with van der Waals surface area (Å²) in [4.78, 5) is 52.5. The topological polar surface area (TPSA) is 151 Å². The minimum atomic E-state index is -5.08. The number of carbonyl (C=O) groups excluding carboxylic acids is 3. The number of guanidine groups is 1. The van der Waals surface area contributed by atoms with Gasteiger partial charge in [-0.25, -0.2) is 14.6 Å². The number of halogens is 3. The molecule has 4 N–H and O–H groups in total. The van der Waals surface area contributed by atoms with Crippen molar-refractivity contribution < 1.29 is 42.3 Å². The van der Waals surface area contributed by atoms with Crippen molar-refractivity contribution in [1.29, 1.82) is 0 Å². The van der Waals surface area contributed by atoms with E-state index < -0.39 is 29.9 Å². The first-order valence-corrected chi connectivity index (χ1v) is 10.1. The Labute approximate surface area is 173 Å². The molecule has 3 aliphatic heterocycles. The van der Waals surface area contributed by atoms with Gasteiger partial charge in [0.15, 0.2) is 5.96 Å². The molecule has 0 aromatic heterocycles. The number of thioether (sulfide) groups is 1. The maximum atomic E-state index is 11.7. The van der Waals surface area contributed by atoms with Crippen LogP contribution in [-0.4, -0.2) is 69.1 Å². The average molecular weight is 454 g/mol. The van der Waals surface area contributed by atoms with Crippen LogP contribution in [0.3, 0.4) is 0 Å². The summed E-state index contributed by atoms with van der Waals surface area (Å²) in [6, 6.07) is 0.564. The zero-order valence-electron chi connectivity index (χ0n) is 15.7. The molecule has 0 aromatic carbocycles. The van der Waals surface area contributed by atoms with E-state index in [-0.39, 0.29) is 25.3 Å². The van der Waals surface area contributed by atoms with Crippen molar-refractivity contribution >= 4 is 41.5 Å². The highest BCUT2D eigenvalue weighted by Gasteiger charge is 2.40. The lowest BCUT2D eigenvalue weighted by atomic mass is 10.0. The van der Waals surface area contributed by atoms with Gasteiger partial charge < -0.3 is 21.0 Å². The monoisotopic (exact) mass is 454 g/mol. The van der Waals surface area contributed by atoms with E-state index in [0.29, 0.717) is 28.7 Å². The van der Waals surface area contributed by atoms with Gasteiger partial charge in [0.2, 0.25) is 0 Å². The summed E-state index contributed by atoms with van der Waals surface area (Å²) in [6.45, 7) is 0. The van der Waals surface area contributed by atoms with E-state index >= 15 is 0 Å². The zero-order valence-corrected chi connectivity index (χ0v) is 16.5. The number of carboxylic acid groups (broad SMARTS) is 1. The van der Waals surface area contributed by atoms with Crippen molar-refractivity contribution in [3.05, 3.63) is 0 Å². The van der Waals surface area contributed by atoms with Crippen LogP contribution in [0.2, 0.25) is 0 Å². The Morgan fingerprint density at radius 3 is 2.43 bits per heavy atom. The van der Waals surface area contributed by atoms with E-state index in [1.54, 1.807) is 0 Å². The first kappa shape index (κ1) is 23.8. The van der Waals surface area contributed by atoms with Gasteiger partial charge in [0, 0.05) is 30.3 Å². The number of rotatable bonds is 6. The van der Waals surface area contributed by atoms with Gasteiger partial charge in [0.05, 0.1) is 12.1 Å². The minimum Gasteiger partial charge on any atom is -0.475 e. The molecule has 10 nitrogen and oxygen atoms in total. The SMILES string of the molecule is NC1=N[C@H]2[C@H](CS[C@H]2CCCCC(=O)ON2C(=O)CCC2=O)N1.O=C(O)C(F)(F)F. The number of hydroxylamine groups is 2. The first-order valence-electron chi connectivity index (χ1n) is 9.07. The number of imide groups is 1. The van der Waals surface area contributed by atoms with Gasteiger partial charge in [-0.15, -0.1) is 5.06 Å². The molecule has 3 aliphatic rings. The molecular formula is C16H21F3N4O6S. The van der Waals surface area contributed by atoms with Gasteiger partial charge >= 0.3 is 18.1 Å². The highest BCUT2D eigenvalue weighted by molar-refractivity contribution is 8.00. The summed E-state index contributed by atoms with van der Waals surface area (Å²) in [7, 11) is 0. The number of carboxylic acids is 1. The number of unbranched alkanes of at least 4 members (excludes halogenated alkanes) is 1. The van der Waals surface area contributed by atoms with Gasteiger partial charge in [0.1, 0.15) is 0 Å². The highest BCUT2D eigenvalue weighted by atomic mass is 32.2. The number of nitrogens with zero attached hydrogens (tertiary/aromatic N) is 2. The van der Waals surface area contributed by atoms with Crippen LogP contribution in [0.1, 0.15) is 38.5 Å². The summed E-state index contributed by atoms with van der Waals surface area (Å²) in [6.07, 6.45) is -2.16. The number of hydrogen-bond donors (Lipinski definition) is 3. The van der Waals surface area contributed by atoms with Crippen LogP contribution in [0.5, 0.6) is 0 Å². The Kier molecular flexibility index (Phi) is 7.92. The minimum absolute atomic E-state index is 0.116. The van der Waals surface area contributed by atoms with E-state index in [4.69, 9.17) is 20.5 Å². The number of hydrogen-bond acceptors (Lipinski definition) is 9. The predicted octanol–water partition coefficient (Wildman–Crippen LogP) is 0.558. The van der Waals surface area contributed by atoms with Gasteiger partial charge in [-0.1, -0.05) is 6.42 Å². The van der Waals surface area contributed by atoms with E-state index in [1.807, 2.05) is 11.8 Å². The standard InChI is InChI=1S/C14H20N4O4S.C2HF3O2/c15-14-16-8-7-23-9(13(8)17-14)3-1-2-4-12(21)22-18-10(19)5-6-11(18)20;3-2(4,5)1(6)7/h8-9,13H,1-7H2,(H3,15,16,17);(H,6,7)/t8-,9-,13-;/m0./s1. The molecule has 2 saturated heterocycles. The van der Waals surface area contributed by atoms with Crippen molar-refractivity contribution in [3.63, 3.8) is 0 Å². The van der Waals surface area contributed by atoms with Gasteiger partial charge in [0.25, 0.3) is 11.8 Å². The van der Waals surface area contributed by atoms with Crippen LogP contribution in [-0.2, 0) is 24.0 Å². The second-order valence-electron chi connectivity index (χ2n) is 6.72. The Bertz CT molecular complexity index is 716. The third-order valence-electron chi connectivity index (χ3n) is 4.47. The first-order chi connectivity index (χ1) is 14.0. The molecule has 0 radical (unpaired) electrons. The average Bonchev–Trinajstić information content (AvgIpc) is 3.29. The second-order valence-corrected chi connectivity index (χ2v) is 7.99. The maximum absolute atomic E-state index is 11.7. The van der Waals surface area contributed by atoms with E-state index in [0.717, 1.165) is 18.6 Å². The Morgan fingerprint density at radius 1 is 1.27 bits per heavy atom. The third-order valence-corrected chi connectivity index (χ3v) is 5.96. The molecule has 14 heteroatoms. The van der Waals surface area contributed by atoms with Crippen molar-refractivity contribution in [2.45, 2.75) is 62.0 Å². The molecule has 3 atom stereocenters. The van der Waals surface area contributed by atoms with Gasteiger partial charge in [-0.3, -0.25) is 9.59 Å². The van der Waals surface area contributed by atoms with Crippen LogP contribution >= 0.6 is 11.8 Å². The predicted molar refractivity (Wildman–Crippen MR) is 97.9 cm³/mol. The largest absolute Gasteiger partial charge is 0.490 e. The van der Waals surface area contributed by atoms with Gasteiger partial charge in [-0.05, 0) is 12.8 Å². The molecular weight excluding hydrogens is 433 g/mol. The summed E-state index contributed by atoms with van der Waals surface area (Å²) in [5.41, 5.74) is 5.69. The summed E-state index contributed by atoms with van der Waals surface area (Å²) in [5, 5.41) is 11.3. The zero-order chi connectivity index (χ0) is 22.5. The van der Waals surface area contributed by atoms with Crippen LogP contribution < -0.4 is 11.1 Å². The maximum Gasteiger partial charge on any atom is 0.490 e. The molecule has 30 heavy (non-hydrogen) atoms. The fourth-order valence-corrected chi connectivity index (χ4v) is 4.56. The summed E-state index contributed by atoms with van der Waals surface area (Å²) >= 11 is 1.88. The second kappa shape index (κ2) is 10.00. The van der Waals surface area contributed by atoms with Crippen LogP contribution in [0.4, 0.5) is 13.2 Å². The molecule has 0 spiro atoms. The molecule has 168 valence electrons. The summed E-state index contributed by atoms with van der Waals surface area (Å²) in [5.74, 6) is -2.65. The fourth-order valence-electron chi connectivity index (χ4n) is 3.05. The molecule has 0 saturated carbocycles. The molecule has 3 heterocycles. The Balaban J connectivity index is 0.000000396. The van der Waals surface area contributed by atoms with Crippen molar-refractivity contribution in [2.24, 2.45) is 10.7 Å². The highest BCUT2D eigenvalue weighted by Crippen LogP contribution is 2.35. The smallest absolute Gasteiger partial charge is 0.475 e. The van der Waals surface area contributed by atoms with E-state index in [9.17, 15) is 27.6 Å². The number of aliphatic imine (C=N–C) groups is 1. The number of alkyl halides is 3. The van der Waals surface area contributed by atoms with Crippen molar-refractivity contribution in [1.82, 2.24) is 10.4 Å². The normalized spacial score (nSPS) is 25.2. The fraction of sp³-hybridized carbons (Fsp3) is 0.688. The van der Waals surface area contributed by atoms with Crippen molar-refractivity contribution in [3.8, 4) is 0 Å². The number of amides is 2. The van der Waals surface area contributed by atoms with Crippen LogP contribution in [0.15, 0.2) is 4.99 Å². The quantitative estimate of drug-likeness (QED) is 0.386. The molecule has 0 aliphatic carbocycles. The lowest BCUT2D eigenvalue weighted by Crippen LogP contribution is -2.38. The molecule has 0 bridgehead atoms. The molecule has 2 fully saturated rings. The number of nitrogens with one attached hydrogen (secondary N) is 1. The Morgan fingerprint density at radius 2 is 1.87 bits per heavy atom. The number of fused-ring (bicyclic) bond motifs is 1. The van der Waals surface area contributed by atoms with Crippen molar-refractivity contribution in [2.75, 3.05) is 5.75 Å². The lowest BCUT2D eigenvalue weighted by molar-refractivity contribution is -0.197. The van der Waals surface area contributed by atoms with Crippen LogP contribution in [0, 0.1) is 0 Å². The Hall–Kier alpha value is -2.51. The van der Waals surface area contributed by atoms with Crippen LogP contribution in [0.25, 0.3) is 0 Å². The number of aliphatic carboxylic acids is 1. The molecule has 3 rings (SSSR count). The molecule has 2 amide bonds. The molecule has 0 unspecified atom stereocenters. The molecule has 0 aromatic rings. The van der Waals surface area contributed by atoms with Gasteiger partial charge in [-0.2, -0.15) is 24.9 Å². The van der Waals surface area contributed by atoms with E-state index in [2.05, 4.69) is 10.3 Å². The number of carbonyl (C=O) groups is 4. The number of nitrogens with two attached hydrogens (primary N) is 1. The summed E-state index contributed by atoms with van der Waals surface area (Å²) < 4.78 is 31.7.